The fourth-order valence-electron chi connectivity index (χ4n) is 2.19. The summed E-state index contributed by atoms with van der Waals surface area (Å²) < 4.78 is 39.0. The highest BCUT2D eigenvalue weighted by atomic mass is 19.4. The quantitative estimate of drug-likeness (QED) is 0.736. The summed E-state index contributed by atoms with van der Waals surface area (Å²) in [5.41, 5.74) is -1.25. The van der Waals surface area contributed by atoms with E-state index in [-0.39, 0.29) is 17.3 Å². The minimum atomic E-state index is -4.56. The number of nitrogens with one attached hydrogen (secondary N) is 2. The molecule has 1 heterocycles. The molecule has 0 fully saturated rings. The minimum Gasteiger partial charge on any atom is -0.354 e. The number of aromatic nitrogens is 2. The van der Waals surface area contributed by atoms with Gasteiger partial charge in [-0.2, -0.15) is 13.2 Å². The molecule has 140 valence electrons. The Morgan fingerprint density at radius 1 is 1.19 bits per heavy atom. The van der Waals surface area contributed by atoms with E-state index in [9.17, 15) is 18.0 Å². The smallest absolute Gasteiger partial charge is 0.354 e. The van der Waals surface area contributed by atoms with Crippen LogP contribution in [0.3, 0.4) is 0 Å². The Morgan fingerprint density at radius 3 is 2.62 bits per heavy atom. The van der Waals surface area contributed by atoms with Crippen molar-refractivity contribution in [1.82, 2.24) is 14.9 Å². The maximum absolute atomic E-state index is 13.0. The van der Waals surface area contributed by atoms with Crippen molar-refractivity contribution in [3.05, 3.63) is 47.8 Å². The van der Waals surface area contributed by atoms with Gasteiger partial charge in [0.15, 0.2) is 0 Å². The number of hydrogen-bond donors (Lipinski definition) is 2. The molecule has 0 aliphatic heterocycles. The number of nitrogens with zero attached hydrogens (tertiary/aromatic N) is 3. The highest BCUT2D eigenvalue weighted by Crippen LogP contribution is 2.34. The van der Waals surface area contributed by atoms with Crippen LogP contribution in [0.1, 0.15) is 22.5 Å². The summed E-state index contributed by atoms with van der Waals surface area (Å²) in [6.45, 7) is 1.49. The number of alkyl halides is 3. The topological polar surface area (TPSA) is 70.2 Å². The largest absolute Gasteiger partial charge is 0.418 e. The Balaban J connectivity index is 2.06. The molecule has 2 N–H and O–H groups in total. The van der Waals surface area contributed by atoms with E-state index < -0.39 is 17.6 Å². The average molecular weight is 367 g/mol. The van der Waals surface area contributed by atoms with Gasteiger partial charge in [-0.1, -0.05) is 12.1 Å². The standard InChI is InChI=1S/C17H20F3N5O/c1-25(2)11-5-9-21-16-22-10-8-14(24-16)15(26)23-13-7-4-3-6-12(13)17(18,19)20/h3-4,6-8,10H,5,9,11H2,1-2H3,(H,23,26)(H,21,22,24). The molecule has 1 aromatic carbocycles. The fraction of sp³-hybridized carbons (Fsp3) is 0.353. The van der Waals surface area contributed by atoms with Crippen LogP contribution in [0.25, 0.3) is 0 Å². The van der Waals surface area contributed by atoms with E-state index in [1.807, 2.05) is 19.0 Å². The van der Waals surface area contributed by atoms with Crippen LogP contribution in [0.4, 0.5) is 24.8 Å². The lowest BCUT2D eigenvalue weighted by atomic mass is 10.1. The molecule has 0 unspecified atom stereocenters. The maximum atomic E-state index is 13.0. The summed E-state index contributed by atoms with van der Waals surface area (Å²) in [5.74, 6) is -0.485. The van der Waals surface area contributed by atoms with Gasteiger partial charge in [-0.05, 0) is 45.3 Å². The van der Waals surface area contributed by atoms with Crippen molar-refractivity contribution >= 4 is 17.5 Å². The molecule has 2 aromatic rings. The molecule has 6 nitrogen and oxygen atoms in total. The highest BCUT2D eigenvalue weighted by molar-refractivity contribution is 6.03. The van der Waals surface area contributed by atoms with Crippen molar-refractivity contribution in [1.29, 1.82) is 0 Å². The lowest BCUT2D eigenvalue weighted by Crippen LogP contribution is -2.19. The van der Waals surface area contributed by atoms with Gasteiger partial charge in [0.05, 0.1) is 11.3 Å². The molecule has 0 spiro atoms. The minimum absolute atomic E-state index is 0.0212. The Bertz CT molecular complexity index is 749. The van der Waals surface area contributed by atoms with Crippen molar-refractivity contribution in [2.24, 2.45) is 0 Å². The summed E-state index contributed by atoms with van der Waals surface area (Å²) in [6, 6.07) is 6.13. The first-order chi connectivity index (χ1) is 12.3. The Morgan fingerprint density at radius 2 is 1.92 bits per heavy atom. The molecule has 0 aliphatic carbocycles. The van der Waals surface area contributed by atoms with E-state index in [1.165, 1.54) is 30.5 Å². The van der Waals surface area contributed by atoms with E-state index in [0.717, 1.165) is 19.0 Å². The van der Waals surface area contributed by atoms with Crippen LogP contribution >= 0.6 is 0 Å². The zero-order valence-electron chi connectivity index (χ0n) is 14.5. The van der Waals surface area contributed by atoms with Crippen LogP contribution in [0.5, 0.6) is 0 Å². The fourth-order valence-corrected chi connectivity index (χ4v) is 2.19. The van der Waals surface area contributed by atoms with E-state index in [4.69, 9.17) is 0 Å². The lowest BCUT2D eigenvalue weighted by molar-refractivity contribution is -0.136. The predicted octanol–water partition coefficient (Wildman–Crippen LogP) is 3.11. The predicted molar refractivity (Wildman–Crippen MR) is 93.1 cm³/mol. The molecule has 26 heavy (non-hydrogen) atoms. The SMILES string of the molecule is CN(C)CCCNc1nccc(C(=O)Nc2ccccc2C(F)(F)F)n1. The molecule has 0 radical (unpaired) electrons. The maximum Gasteiger partial charge on any atom is 0.418 e. The Hall–Kier alpha value is -2.68. The third-order valence-corrected chi connectivity index (χ3v) is 3.43. The van der Waals surface area contributed by atoms with E-state index in [1.54, 1.807) is 0 Å². The van der Waals surface area contributed by atoms with Crippen molar-refractivity contribution in [3.63, 3.8) is 0 Å². The van der Waals surface area contributed by atoms with Gasteiger partial charge in [-0.25, -0.2) is 9.97 Å². The number of halogens is 3. The molecule has 0 saturated heterocycles. The third-order valence-electron chi connectivity index (χ3n) is 3.43. The number of amides is 1. The normalized spacial score (nSPS) is 11.5. The zero-order valence-corrected chi connectivity index (χ0v) is 14.5. The second kappa shape index (κ2) is 8.61. The number of carbonyl (C=O) groups is 1. The van der Waals surface area contributed by atoms with E-state index in [2.05, 4.69) is 20.6 Å². The average Bonchev–Trinajstić information content (AvgIpc) is 2.58. The van der Waals surface area contributed by atoms with Crippen molar-refractivity contribution < 1.29 is 18.0 Å². The summed E-state index contributed by atoms with van der Waals surface area (Å²) in [5, 5.41) is 5.25. The molecule has 1 aromatic heterocycles. The van der Waals surface area contributed by atoms with Gasteiger partial charge in [0.25, 0.3) is 5.91 Å². The van der Waals surface area contributed by atoms with Crippen LogP contribution in [-0.4, -0.2) is 48.0 Å². The first-order valence-corrected chi connectivity index (χ1v) is 7.96. The number of anilines is 2. The lowest BCUT2D eigenvalue weighted by Gasteiger charge is -2.13. The zero-order chi connectivity index (χ0) is 19.2. The van der Waals surface area contributed by atoms with Crippen molar-refractivity contribution in [2.75, 3.05) is 37.8 Å². The van der Waals surface area contributed by atoms with Crippen LogP contribution < -0.4 is 10.6 Å². The highest BCUT2D eigenvalue weighted by Gasteiger charge is 2.33. The molecule has 0 bridgehead atoms. The molecular formula is C17H20F3N5O. The summed E-state index contributed by atoms with van der Waals surface area (Å²) in [7, 11) is 3.92. The monoisotopic (exact) mass is 367 g/mol. The summed E-state index contributed by atoms with van der Waals surface area (Å²) in [4.78, 5) is 22.3. The van der Waals surface area contributed by atoms with Crippen LogP contribution in [0.15, 0.2) is 36.5 Å². The van der Waals surface area contributed by atoms with Crippen LogP contribution in [0, 0.1) is 0 Å². The van der Waals surface area contributed by atoms with Gasteiger partial charge >= 0.3 is 6.18 Å². The molecule has 1 amide bonds. The van der Waals surface area contributed by atoms with Crippen LogP contribution in [-0.2, 0) is 6.18 Å². The Kier molecular flexibility index (Phi) is 6.51. The van der Waals surface area contributed by atoms with E-state index in [0.29, 0.717) is 6.54 Å². The van der Waals surface area contributed by atoms with Gasteiger partial charge in [0.2, 0.25) is 5.95 Å². The van der Waals surface area contributed by atoms with Gasteiger partial charge in [-0.3, -0.25) is 4.79 Å². The molecule has 0 aliphatic rings. The van der Waals surface area contributed by atoms with Gasteiger partial charge < -0.3 is 15.5 Å². The molecular weight excluding hydrogens is 347 g/mol. The van der Waals surface area contributed by atoms with Crippen LogP contribution in [0.2, 0.25) is 0 Å². The van der Waals surface area contributed by atoms with E-state index >= 15 is 0 Å². The number of hydrogen-bond acceptors (Lipinski definition) is 5. The Labute approximate surface area is 149 Å². The molecule has 0 saturated carbocycles. The van der Waals surface area contributed by atoms with Crippen molar-refractivity contribution in [3.8, 4) is 0 Å². The summed E-state index contributed by atoms with van der Waals surface area (Å²) >= 11 is 0. The first-order valence-electron chi connectivity index (χ1n) is 7.96. The molecule has 9 heteroatoms. The number of para-hydroxylation sites is 1. The summed E-state index contributed by atoms with van der Waals surface area (Å²) in [6.07, 6.45) is -2.33. The molecule has 0 atom stereocenters. The second-order valence-electron chi connectivity index (χ2n) is 5.85. The van der Waals surface area contributed by atoms with Gasteiger partial charge in [0.1, 0.15) is 5.69 Å². The molecule has 2 rings (SSSR count). The van der Waals surface area contributed by atoms with Gasteiger partial charge in [0, 0.05) is 12.7 Å². The number of rotatable bonds is 7. The number of carbonyl (C=O) groups excluding carboxylic acids is 1. The first kappa shape index (κ1) is 19.6. The van der Waals surface area contributed by atoms with Crippen molar-refractivity contribution in [2.45, 2.75) is 12.6 Å². The third kappa shape index (κ3) is 5.69. The van der Waals surface area contributed by atoms with Gasteiger partial charge in [-0.15, -0.1) is 0 Å². The number of benzene rings is 1. The second-order valence-corrected chi connectivity index (χ2v) is 5.85.